The van der Waals surface area contributed by atoms with Crippen LogP contribution < -0.4 is 10.6 Å². The summed E-state index contributed by atoms with van der Waals surface area (Å²) in [6, 6.07) is 7.07. The van der Waals surface area contributed by atoms with Gasteiger partial charge in [-0.1, -0.05) is 41.8 Å². The van der Waals surface area contributed by atoms with Gasteiger partial charge < -0.3 is 15.5 Å². The van der Waals surface area contributed by atoms with E-state index in [2.05, 4.69) is 20.8 Å². The first-order valence-corrected chi connectivity index (χ1v) is 10.8. The SMILES string of the molecule is O=C(Nc1cccc(Cl)c1)c1nnc([C@@H]2CCCN2C(=O)NC2CCCC2)s1. The molecule has 2 heterocycles. The maximum absolute atomic E-state index is 12.7. The van der Waals surface area contributed by atoms with Crippen LogP contribution in [0.5, 0.6) is 0 Å². The lowest BCUT2D eigenvalue weighted by Crippen LogP contribution is -2.43. The molecule has 1 aromatic carbocycles. The van der Waals surface area contributed by atoms with Crippen molar-refractivity contribution in [3.05, 3.63) is 39.3 Å². The smallest absolute Gasteiger partial charge is 0.318 e. The van der Waals surface area contributed by atoms with Crippen molar-refractivity contribution in [2.45, 2.75) is 50.6 Å². The largest absolute Gasteiger partial charge is 0.335 e. The van der Waals surface area contributed by atoms with Crippen LogP contribution in [0.15, 0.2) is 24.3 Å². The summed E-state index contributed by atoms with van der Waals surface area (Å²) in [5.74, 6) is -0.328. The van der Waals surface area contributed by atoms with Crippen LogP contribution >= 0.6 is 22.9 Å². The Kier molecular flexibility index (Phi) is 5.77. The van der Waals surface area contributed by atoms with E-state index < -0.39 is 0 Å². The van der Waals surface area contributed by atoms with Crippen molar-refractivity contribution in [1.29, 1.82) is 0 Å². The number of hydrogen-bond donors (Lipinski definition) is 2. The first kappa shape index (κ1) is 19.1. The van der Waals surface area contributed by atoms with Gasteiger partial charge >= 0.3 is 6.03 Å². The highest BCUT2D eigenvalue weighted by Gasteiger charge is 2.34. The summed E-state index contributed by atoms with van der Waals surface area (Å²) in [4.78, 5) is 27.0. The van der Waals surface area contributed by atoms with Crippen molar-refractivity contribution in [3.8, 4) is 0 Å². The first-order chi connectivity index (χ1) is 13.6. The van der Waals surface area contributed by atoms with Gasteiger partial charge in [-0.25, -0.2) is 4.79 Å². The third-order valence-electron chi connectivity index (χ3n) is 5.20. The quantitative estimate of drug-likeness (QED) is 0.776. The fourth-order valence-corrected chi connectivity index (χ4v) is 4.88. The zero-order valence-corrected chi connectivity index (χ0v) is 16.9. The molecule has 1 saturated carbocycles. The predicted molar refractivity (Wildman–Crippen MR) is 109 cm³/mol. The molecule has 2 aromatic rings. The Morgan fingerprint density at radius 2 is 1.96 bits per heavy atom. The summed E-state index contributed by atoms with van der Waals surface area (Å²) in [6.45, 7) is 0.701. The summed E-state index contributed by atoms with van der Waals surface area (Å²) < 4.78 is 0. The molecule has 0 radical (unpaired) electrons. The highest BCUT2D eigenvalue weighted by molar-refractivity contribution is 7.13. The van der Waals surface area contributed by atoms with E-state index in [0.717, 1.165) is 25.7 Å². The maximum atomic E-state index is 12.7. The van der Waals surface area contributed by atoms with Crippen molar-refractivity contribution >= 4 is 40.6 Å². The van der Waals surface area contributed by atoms with Crippen molar-refractivity contribution in [2.24, 2.45) is 0 Å². The minimum atomic E-state index is -0.328. The predicted octanol–water partition coefficient (Wildman–Crippen LogP) is 4.23. The van der Waals surface area contributed by atoms with E-state index in [1.165, 1.54) is 24.2 Å². The third-order valence-corrected chi connectivity index (χ3v) is 6.46. The molecule has 1 atom stereocenters. The first-order valence-electron chi connectivity index (χ1n) is 9.57. The van der Waals surface area contributed by atoms with Crippen LogP contribution in [0.3, 0.4) is 0 Å². The number of rotatable bonds is 4. The van der Waals surface area contributed by atoms with Crippen LogP contribution in [-0.2, 0) is 0 Å². The number of amides is 3. The van der Waals surface area contributed by atoms with Gasteiger partial charge in [0.1, 0.15) is 5.01 Å². The Hall–Kier alpha value is -2.19. The maximum Gasteiger partial charge on any atom is 0.318 e. The normalized spacial score (nSPS) is 19.8. The van der Waals surface area contributed by atoms with Crippen LogP contribution in [0, 0.1) is 0 Å². The summed E-state index contributed by atoms with van der Waals surface area (Å²) in [5, 5.41) is 15.7. The average Bonchev–Trinajstić information content (AvgIpc) is 3.42. The summed E-state index contributed by atoms with van der Waals surface area (Å²) >= 11 is 7.19. The number of nitrogens with zero attached hydrogens (tertiary/aromatic N) is 3. The van der Waals surface area contributed by atoms with E-state index in [-0.39, 0.29) is 29.0 Å². The zero-order chi connectivity index (χ0) is 19.5. The van der Waals surface area contributed by atoms with Crippen LogP contribution in [0.1, 0.15) is 59.4 Å². The number of anilines is 1. The molecule has 7 nitrogen and oxygen atoms in total. The van der Waals surface area contributed by atoms with Gasteiger partial charge in [0.05, 0.1) is 6.04 Å². The molecule has 0 unspecified atom stereocenters. The van der Waals surface area contributed by atoms with Crippen LogP contribution in [0.2, 0.25) is 5.02 Å². The number of nitrogens with one attached hydrogen (secondary N) is 2. The standard InChI is InChI=1S/C19H22ClN5O2S/c20-12-5-3-8-14(11-12)21-16(26)18-24-23-17(28-18)15-9-4-10-25(15)19(27)22-13-6-1-2-7-13/h3,5,8,11,13,15H,1-2,4,6-7,9-10H2,(H,21,26)(H,22,27)/t15-/m0/s1. The lowest BCUT2D eigenvalue weighted by atomic mass is 10.2. The van der Waals surface area contributed by atoms with Crippen LogP contribution in [0.4, 0.5) is 10.5 Å². The molecule has 28 heavy (non-hydrogen) atoms. The van der Waals surface area contributed by atoms with E-state index in [1.54, 1.807) is 24.3 Å². The van der Waals surface area contributed by atoms with Crippen molar-refractivity contribution in [3.63, 3.8) is 0 Å². The molecule has 2 fully saturated rings. The summed E-state index contributed by atoms with van der Waals surface area (Å²) in [7, 11) is 0. The summed E-state index contributed by atoms with van der Waals surface area (Å²) in [6.07, 6.45) is 6.22. The second-order valence-electron chi connectivity index (χ2n) is 7.19. The fourth-order valence-electron chi connectivity index (χ4n) is 3.81. The Morgan fingerprint density at radius 3 is 2.75 bits per heavy atom. The van der Waals surface area contributed by atoms with E-state index in [0.29, 0.717) is 22.3 Å². The molecule has 0 spiro atoms. The van der Waals surface area contributed by atoms with Gasteiger partial charge in [0, 0.05) is 23.3 Å². The highest BCUT2D eigenvalue weighted by Crippen LogP contribution is 2.34. The fraction of sp³-hybridized carbons (Fsp3) is 0.474. The number of likely N-dealkylation sites (tertiary alicyclic amines) is 1. The molecular formula is C19H22ClN5O2S. The second kappa shape index (κ2) is 8.45. The van der Waals surface area contributed by atoms with Gasteiger partial charge in [-0.3, -0.25) is 4.79 Å². The number of urea groups is 1. The number of halogens is 1. The van der Waals surface area contributed by atoms with Crippen molar-refractivity contribution in [2.75, 3.05) is 11.9 Å². The van der Waals surface area contributed by atoms with Gasteiger partial charge in [-0.2, -0.15) is 0 Å². The molecule has 3 amide bonds. The topological polar surface area (TPSA) is 87.2 Å². The number of carbonyl (C=O) groups is 2. The molecule has 4 rings (SSSR count). The third kappa shape index (κ3) is 4.28. The van der Waals surface area contributed by atoms with Crippen LogP contribution in [-0.4, -0.2) is 39.6 Å². The van der Waals surface area contributed by atoms with Gasteiger partial charge in [-0.15, -0.1) is 10.2 Å². The minimum absolute atomic E-state index is 0.0328. The Balaban J connectivity index is 1.42. The molecule has 1 aliphatic carbocycles. The van der Waals surface area contributed by atoms with E-state index >= 15 is 0 Å². The van der Waals surface area contributed by atoms with E-state index in [1.807, 2.05) is 4.90 Å². The highest BCUT2D eigenvalue weighted by atomic mass is 35.5. The molecule has 1 saturated heterocycles. The average molecular weight is 420 g/mol. The molecule has 1 aromatic heterocycles. The van der Waals surface area contributed by atoms with Gasteiger partial charge in [-0.05, 0) is 43.9 Å². The molecule has 0 bridgehead atoms. The number of benzene rings is 1. The van der Waals surface area contributed by atoms with Gasteiger partial charge in [0.25, 0.3) is 5.91 Å². The monoisotopic (exact) mass is 419 g/mol. The number of carbonyl (C=O) groups excluding carboxylic acids is 2. The van der Waals surface area contributed by atoms with Crippen LogP contribution in [0.25, 0.3) is 0 Å². The molecular weight excluding hydrogens is 398 g/mol. The number of hydrogen-bond acceptors (Lipinski definition) is 5. The van der Waals surface area contributed by atoms with Gasteiger partial charge in [0.15, 0.2) is 0 Å². The second-order valence-corrected chi connectivity index (χ2v) is 8.64. The Bertz CT molecular complexity index is 868. The van der Waals surface area contributed by atoms with E-state index in [4.69, 9.17) is 11.6 Å². The molecule has 2 aliphatic rings. The lowest BCUT2D eigenvalue weighted by Gasteiger charge is -2.25. The Labute approximate surface area is 172 Å². The number of aromatic nitrogens is 2. The van der Waals surface area contributed by atoms with Gasteiger partial charge in [0.2, 0.25) is 5.01 Å². The molecule has 148 valence electrons. The zero-order valence-electron chi connectivity index (χ0n) is 15.4. The minimum Gasteiger partial charge on any atom is -0.335 e. The van der Waals surface area contributed by atoms with Crippen molar-refractivity contribution in [1.82, 2.24) is 20.4 Å². The lowest BCUT2D eigenvalue weighted by molar-refractivity contribution is 0.102. The van der Waals surface area contributed by atoms with E-state index in [9.17, 15) is 9.59 Å². The molecule has 9 heteroatoms. The van der Waals surface area contributed by atoms with Crippen molar-refractivity contribution < 1.29 is 9.59 Å². The molecule has 1 aliphatic heterocycles. The summed E-state index contributed by atoms with van der Waals surface area (Å²) in [5.41, 5.74) is 0.604. The molecule has 2 N–H and O–H groups in total. The Morgan fingerprint density at radius 1 is 1.14 bits per heavy atom.